The highest BCUT2D eigenvalue weighted by Crippen LogP contribution is 2.32. The monoisotopic (exact) mass is 304 g/mol. The van der Waals surface area contributed by atoms with E-state index >= 15 is 0 Å². The molecule has 21 heavy (non-hydrogen) atoms. The van der Waals surface area contributed by atoms with Gasteiger partial charge in [0, 0.05) is 30.5 Å². The second kappa shape index (κ2) is 6.13. The molecular weight excluding hydrogens is 288 g/mol. The smallest absolute Gasteiger partial charge is 0.231 e. The van der Waals surface area contributed by atoms with E-state index in [-0.39, 0.29) is 12.7 Å². The maximum absolute atomic E-state index is 11.8. The van der Waals surface area contributed by atoms with Gasteiger partial charge < -0.3 is 14.8 Å². The molecule has 1 aromatic heterocycles. The van der Waals surface area contributed by atoms with Crippen molar-refractivity contribution in [1.82, 2.24) is 10.3 Å². The fraction of sp³-hybridized carbons (Fsp3) is 0.333. The molecule has 0 aliphatic carbocycles. The standard InChI is InChI=1S/C15H16N2O3S/c1-10-8-21-15(17-10)5-4-14(18)16-7-11-2-3-12-13(6-11)20-9-19-12/h2-3,6,8H,4-5,7,9H2,1H3,(H,16,18). The summed E-state index contributed by atoms with van der Waals surface area (Å²) in [5.41, 5.74) is 2.01. The predicted molar refractivity (Wildman–Crippen MR) is 79.6 cm³/mol. The van der Waals surface area contributed by atoms with Crippen molar-refractivity contribution >= 4 is 17.2 Å². The van der Waals surface area contributed by atoms with E-state index in [4.69, 9.17) is 9.47 Å². The van der Waals surface area contributed by atoms with Gasteiger partial charge in [-0.1, -0.05) is 6.07 Å². The number of ether oxygens (including phenoxy) is 2. The summed E-state index contributed by atoms with van der Waals surface area (Å²) in [4.78, 5) is 16.2. The molecule has 1 aliphatic heterocycles. The molecule has 0 unspecified atom stereocenters. The molecule has 0 saturated heterocycles. The molecule has 110 valence electrons. The fourth-order valence-corrected chi connectivity index (χ4v) is 2.85. The number of rotatable bonds is 5. The number of aromatic nitrogens is 1. The van der Waals surface area contributed by atoms with E-state index in [1.807, 2.05) is 30.5 Å². The lowest BCUT2D eigenvalue weighted by atomic mass is 10.2. The van der Waals surface area contributed by atoms with E-state index in [0.29, 0.717) is 19.4 Å². The van der Waals surface area contributed by atoms with Crippen LogP contribution in [0.2, 0.25) is 0 Å². The van der Waals surface area contributed by atoms with E-state index in [1.165, 1.54) is 0 Å². The largest absolute Gasteiger partial charge is 0.454 e. The van der Waals surface area contributed by atoms with Crippen molar-refractivity contribution in [3.05, 3.63) is 39.8 Å². The number of fused-ring (bicyclic) bond motifs is 1. The predicted octanol–water partition coefficient (Wildman–Crippen LogP) is 2.43. The topological polar surface area (TPSA) is 60.5 Å². The molecule has 2 aromatic rings. The van der Waals surface area contributed by atoms with E-state index in [1.54, 1.807) is 11.3 Å². The summed E-state index contributed by atoms with van der Waals surface area (Å²) in [5.74, 6) is 1.52. The Morgan fingerprint density at radius 3 is 3.05 bits per heavy atom. The lowest BCUT2D eigenvalue weighted by Crippen LogP contribution is -2.22. The lowest BCUT2D eigenvalue weighted by molar-refractivity contribution is -0.121. The fourth-order valence-electron chi connectivity index (χ4n) is 2.08. The number of nitrogens with zero attached hydrogens (tertiary/aromatic N) is 1. The molecule has 0 spiro atoms. The van der Waals surface area contributed by atoms with Crippen LogP contribution in [0.25, 0.3) is 0 Å². The van der Waals surface area contributed by atoms with Crippen LogP contribution >= 0.6 is 11.3 Å². The minimum absolute atomic E-state index is 0.0283. The number of thiazole rings is 1. The molecule has 1 aliphatic rings. The van der Waals surface area contributed by atoms with Crippen LogP contribution in [0.15, 0.2) is 23.6 Å². The Morgan fingerprint density at radius 2 is 2.24 bits per heavy atom. The molecule has 1 aromatic carbocycles. The van der Waals surface area contributed by atoms with Crippen molar-refractivity contribution in [3.63, 3.8) is 0 Å². The van der Waals surface area contributed by atoms with Crippen LogP contribution < -0.4 is 14.8 Å². The van der Waals surface area contributed by atoms with Crippen molar-refractivity contribution in [1.29, 1.82) is 0 Å². The summed E-state index contributed by atoms with van der Waals surface area (Å²) >= 11 is 1.60. The molecule has 0 radical (unpaired) electrons. The molecule has 1 amide bonds. The molecule has 3 rings (SSSR count). The summed E-state index contributed by atoms with van der Waals surface area (Å²) in [6, 6.07) is 5.69. The van der Waals surface area contributed by atoms with Gasteiger partial charge in [-0.25, -0.2) is 4.98 Å². The Kier molecular flexibility index (Phi) is 4.06. The van der Waals surface area contributed by atoms with E-state index in [0.717, 1.165) is 27.8 Å². The Hall–Kier alpha value is -2.08. The van der Waals surface area contributed by atoms with Gasteiger partial charge in [-0.3, -0.25) is 4.79 Å². The molecule has 1 N–H and O–H groups in total. The number of carbonyl (C=O) groups is 1. The Bertz CT molecular complexity index is 654. The third-order valence-electron chi connectivity index (χ3n) is 3.16. The first kappa shape index (κ1) is 13.9. The summed E-state index contributed by atoms with van der Waals surface area (Å²) in [6.07, 6.45) is 1.14. The van der Waals surface area contributed by atoms with Crippen LogP contribution in [0, 0.1) is 6.92 Å². The van der Waals surface area contributed by atoms with Crippen molar-refractivity contribution in [2.75, 3.05) is 6.79 Å². The SMILES string of the molecule is Cc1csc(CCC(=O)NCc2ccc3c(c2)OCO3)n1. The van der Waals surface area contributed by atoms with Gasteiger partial charge in [0.25, 0.3) is 0 Å². The van der Waals surface area contributed by atoms with Crippen molar-refractivity contribution < 1.29 is 14.3 Å². The van der Waals surface area contributed by atoms with Gasteiger partial charge in [-0.2, -0.15) is 0 Å². The zero-order valence-corrected chi connectivity index (χ0v) is 12.5. The average molecular weight is 304 g/mol. The van der Waals surface area contributed by atoms with Crippen LogP contribution in [-0.4, -0.2) is 17.7 Å². The number of hydrogen-bond donors (Lipinski definition) is 1. The van der Waals surface area contributed by atoms with Gasteiger partial charge in [0.15, 0.2) is 11.5 Å². The van der Waals surface area contributed by atoms with Gasteiger partial charge in [-0.15, -0.1) is 11.3 Å². The molecule has 0 bridgehead atoms. The van der Waals surface area contributed by atoms with Crippen LogP contribution in [0.1, 0.15) is 22.7 Å². The van der Waals surface area contributed by atoms with Gasteiger partial charge in [0.2, 0.25) is 12.7 Å². The quantitative estimate of drug-likeness (QED) is 0.921. The van der Waals surface area contributed by atoms with E-state index in [9.17, 15) is 4.79 Å². The number of carbonyl (C=O) groups excluding carboxylic acids is 1. The number of aryl methyl sites for hydroxylation is 2. The highest BCUT2D eigenvalue weighted by molar-refractivity contribution is 7.09. The van der Waals surface area contributed by atoms with Crippen LogP contribution in [0.5, 0.6) is 11.5 Å². The minimum Gasteiger partial charge on any atom is -0.454 e. The number of hydrogen-bond acceptors (Lipinski definition) is 5. The highest BCUT2D eigenvalue weighted by atomic mass is 32.1. The third-order valence-corrected chi connectivity index (χ3v) is 4.19. The third kappa shape index (κ3) is 3.52. The average Bonchev–Trinajstić information content (AvgIpc) is 3.10. The second-order valence-electron chi connectivity index (χ2n) is 4.85. The normalized spacial score (nSPS) is 12.4. The zero-order valence-electron chi connectivity index (χ0n) is 11.7. The van der Waals surface area contributed by atoms with Gasteiger partial charge in [0.05, 0.1) is 5.01 Å². The van der Waals surface area contributed by atoms with Crippen LogP contribution in [0.4, 0.5) is 0 Å². The molecular formula is C15H16N2O3S. The maximum atomic E-state index is 11.8. The number of benzene rings is 1. The molecule has 0 fully saturated rings. The van der Waals surface area contributed by atoms with Crippen molar-refractivity contribution in [2.24, 2.45) is 0 Å². The first-order chi connectivity index (χ1) is 10.2. The van der Waals surface area contributed by atoms with Gasteiger partial charge in [-0.05, 0) is 24.6 Å². The second-order valence-corrected chi connectivity index (χ2v) is 5.79. The molecule has 0 saturated carbocycles. The van der Waals surface area contributed by atoms with Crippen molar-refractivity contribution in [3.8, 4) is 11.5 Å². The zero-order chi connectivity index (χ0) is 14.7. The lowest BCUT2D eigenvalue weighted by Gasteiger charge is -2.05. The Morgan fingerprint density at radius 1 is 1.38 bits per heavy atom. The summed E-state index contributed by atoms with van der Waals surface area (Å²) in [6.45, 7) is 2.71. The van der Waals surface area contributed by atoms with Gasteiger partial charge >= 0.3 is 0 Å². The highest BCUT2D eigenvalue weighted by Gasteiger charge is 2.13. The summed E-state index contributed by atoms with van der Waals surface area (Å²) in [5, 5.41) is 5.91. The molecule has 0 atom stereocenters. The first-order valence-corrected chi connectivity index (χ1v) is 7.65. The number of amides is 1. The Balaban J connectivity index is 1.47. The minimum atomic E-state index is 0.0283. The first-order valence-electron chi connectivity index (χ1n) is 6.77. The summed E-state index contributed by atoms with van der Waals surface area (Å²) in [7, 11) is 0. The summed E-state index contributed by atoms with van der Waals surface area (Å²) < 4.78 is 10.6. The van der Waals surface area contributed by atoms with E-state index < -0.39 is 0 Å². The Labute approximate surface area is 126 Å². The molecule has 6 heteroatoms. The van der Waals surface area contributed by atoms with E-state index in [2.05, 4.69) is 10.3 Å². The van der Waals surface area contributed by atoms with Crippen LogP contribution in [-0.2, 0) is 17.8 Å². The molecule has 5 nitrogen and oxygen atoms in total. The van der Waals surface area contributed by atoms with Crippen molar-refractivity contribution in [2.45, 2.75) is 26.3 Å². The molecule has 2 heterocycles. The van der Waals surface area contributed by atoms with Gasteiger partial charge in [0.1, 0.15) is 0 Å². The maximum Gasteiger partial charge on any atom is 0.231 e. The number of nitrogens with one attached hydrogen (secondary N) is 1. The van der Waals surface area contributed by atoms with Crippen LogP contribution in [0.3, 0.4) is 0 Å².